The fraction of sp³-hybridized carbons (Fsp3) is 0.467. The number of amides is 1. The number of likely N-dealkylation sites (tertiary alicyclic amines) is 1. The SMILES string of the molecule is CC(N)C1CCCCN1C(=O)c1ccc(C#N)cc1. The van der Waals surface area contributed by atoms with Gasteiger partial charge in [-0.25, -0.2) is 0 Å². The Bertz CT molecular complexity index is 487. The molecule has 1 aromatic carbocycles. The summed E-state index contributed by atoms with van der Waals surface area (Å²) in [5, 5.41) is 8.77. The van der Waals surface area contributed by atoms with Crippen LogP contribution in [0, 0.1) is 11.3 Å². The molecule has 0 saturated carbocycles. The summed E-state index contributed by atoms with van der Waals surface area (Å²) in [7, 11) is 0. The van der Waals surface area contributed by atoms with Gasteiger partial charge in [-0.05, 0) is 50.5 Å². The summed E-state index contributed by atoms with van der Waals surface area (Å²) in [4.78, 5) is 14.4. The Kier molecular flexibility index (Phi) is 4.18. The van der Waals surface area contributed by atoms with E-state index in [1.807, 2.05) is 11.8 Å². The molecule has 1 saturated heterocycles. The van der Waals surface area contributed by atoms with Crippen LogP contribution in [0.1, 0.15) is 42.1 Å². The molecule has 100 valence electrons. The first-order chi connectivity index (χ1) is 9.13. The maximum absolute atomic E-state index is 12.5. The highest BCUT2D eigenvalue weighted by Crippen LogP contribution is 2.21. The van der Waals surface area contributed by atoms with E-state index in [4.69, 9.17) is 11.0 Å². The molecule has 19 heavy (non-hydrogen) atoms. The van der Waals surface area contributed by atoms with Gasteiger partial charge in [0.1, 0.15) is 0 Å². The van der Waals surface area contributed by atoms with Crippen LogP contribution in [0.3, 0.4) is 0 Å². The number of nitriles is 1. The molecule has 1 fully saturated rings. The maximum Gasteiger partial charge on any atom is 0.254 e. The third kappa shape index (κ3) is 2.94. The van der Waals surface area contributed by atoms with Crippen molar-refractivity contribution in [3.63, 3.8) is 0 Å². The highest BCUT2D eigenvalue weighted by molar-refractivity contribution is 5.94. The molecule has 0 spiro atoms. The molecule has 1 aliphatic heterocycles. The molecule has 0 aliphatic carbocycles. The lowest BCUT2D eigenvalue weighted by molar-refractivity contribution is 0.0584. The number of carbonyl (C=O) groups is 1. The number of hydrogen-bond donors (Lipinski definition) is 1. The zero-order valence-corrected chi connectivity index (χ0v) is 11.2. The van der Waals surface area contributed by atoms with Crippen molar-refractivity contribution in [3.05, 3.63) is 35.4 Å². The van der Waals surface area contributed by atoms with Crippen molar-refractivity contribution in [2.75, 3.05) is 6.54 Å². The van der Waals surface area contributed by atoms with Crippen LogP contribution < -0.4 is 5.73 Å². The maximum atomic E-state index is 12.5. The molecule has 2 rings (SSSR count). The van der Waals surface area contributed by atoms with E-state index in [0.717, 1.165) is 25.8 Å². The number of benzene rings is 1. The van der Waals surface area contributed by atoms with Crippen LogP contribution in [0.15, 0.2) is 24.3 Å². The second-order valence-corrected chi connectivity index (χ2v) is 5.11. The molecular formula is C15H19N3O. The fourth-order valence-electron chi connectivity index (χ4n) is 2.61. The van der Waals surface area contributed by atoms with Gasteiger partial charge >= 0.3 is 0 Å². The monoisotopic (exact) mass is 257 g/mol. The van der Waals surface area contributed by atoms with Crippen LogP contribution in [-0.2, 0) is 0 Å². The van der Waals surface area contributed by atoms with Gasteiger partial charge in [-0.15, -0.1) is 0 Å². The largest absolute Gasteiger partial charge is 0.334 e. The van der Waals surface area contributed by atoms with Gasteiger partial charge in [0.15, 0.2) is 0 Å². The van der Waals surface area contributed by atoms with Crippen LogP contribution in [0.5, 0.6) is 0 Å². The van der Waals surface area contributed by atoms with E-state index in [0.29, 0.717) is 11.1 Å². The van der Waals surface area contributed by atoms with Crippen molar-refractivity contribution >= 4 is 5.91 Å². The van der Waals surface area contributed by atoms with E-state index in [-0.39, 0.29) is 18.0 Å². The van der Waals surface area contributed by atoms with Gasteiger partial charge in [0, 0.05) is 24.2 Å². The molecule has 2 atom stereocenters. The average Bonchev–Trinajstić information content (AvgIpc) is 2.46. The van der Waals surface area contributed by atoms with Crippen molar-refractivity contribution in [1.82, 2.24) is 4.90 Å². The van der Waals surface area contributed by atoms with Gasteiger partial charge in [-0.1, -0.05) is 0 Å². The number of nitrogens with zero attached hydrogens (tertiary/aromatic N) is 2. The van der Waals surface area contributed by atoms with Crippen molar-refractivity contribution < 1.29 is 4.79 Å². The predicted molar refractivity (Wildman–Crippen MR) is 73.5 cm³/mol. The number of carbonyl (C=O) groups excluding carboxylic acids is 1. The molecule has 0 radical (unpaired) electrons. The second kappa shape index (κ2) is 5.85. The lowest BCUT2D eigenvalue weighted by atomic mass is 9.96. The lowest BCUT2D eigenvalue weighted by Crippen LogP contribution is -2.51. The molecule has 2 N–H and O–H groups in total. The summed E-state index contributed by atoms with van der Waals surface area (Å²) in [6.45, 7) is 2.72. The summed E-state index contributed by atoms with van der Waals surface area (Å²) in [6.07, 6.45) is 3.13. The molecular weight excluding hydrogens is 238 g/mol. The Hall–Kier alpha value is -1.86. The molecule has 0 aromatic heterocycles. The van der Waals surface area contributed by atoms with Gasteiger partial charge in [0.2, 0.25) is 0 Å². The third-order valence-electron chi connectivity index (χ3n) is 3.68. The summed E-state index contributed by atoms with van der Waals surface area (Å²) >= 11 is 0. The normalized spacial score (nSPS) is 20.7. The first-order valence-corrected chi connectivity index (χ1v) is 6.70. The zero-order chi connectivity index (χ0) is 13.8. The third-order valence-corrected chi connectivity index (χ3v) is 3.68. The van der Waals surface area contributed by atoms with Crippen LogP contribution in [0.25, 0.3) is 0 Å². The number of hydrogen-bond acceptors (Lipinski definition) is 3. The summed E-state index contributed by atoms with van der Waals surface area (Å²) in [5.74, 6) is 0.0199. The smallest absolute Gasteiger partial charge is 0.254 e. The Morgan fingerprint density at radius 2 is 2.11 bits per heavy atom. The van der Waals surface area contributed by atoms with Gasteiger partial charge < -0.3 is 10.6 Å². The Morgan fingerprint density at radius 1 is 1.42 bits per heavy atom. The summed E-state index contributed by atoms with van der Waals surface area (Å²) < 4.78 is 0. The molecule has 1 aliphatic rings. The first kappa shape index (κ1) is 13.6. The molecule has 0 bridgehead atoms. The fourth-order valence-corrected chi connectivity index (χ4v) is 2.61. The minimum atomic E-state index is -0.0115. The molecule has 4 heteroatoms. The van der Waals surface area contributed by atoms with Crippen molar-refractivity contribution in [2.45, 2.75) is 38.3 Å². The number of rotatable bonds is 2. The molecule has 4 nitrogen and oxygen atoms in total. The standard InChI is InChI=1S/C15H19N3O/c1-11(17)14-4-2-3-9-18(14)15(19)13-7-5-12(10-16)6-8-13/h5-8,11,14H,2-4,9,17H2,1H3. The lowest BCUT2D eigenvalue weighted by Gasteiger charge is -2.38. The van der Waals surface area contributed by atoms with E-state index in [1.54, 1.807) is 24.3 Å². The summed E-state index contributed by atoms with van der Waals surface area (Å²) in [5.41, 5.74) is 7.18. The second-order valence-electron chi connectivity index (χ2n) is 5.11. The molecule has 1 aromatic rings. The number of nitrogens with two attached hydrogens (primary N) is 1. The predicted octanol–water partition coefficient (Wildman–Crippen LogP) is 1.90. The van der Waals surface area contributed by atoms with Gasteiger partial charge in [-0.2, -0.15) is 5.26 Å². The van der Waals surface area contributed by atoms with E-state index in [1.165, 1.54) is 0 Å². The van der Waals surface area contributed by atoms with Crippen molar-refractivity contribution in [3.8, 4) is 6.07 Å². The van der Waals surface area contributed by atoms with Crippen LogP contribution in [0.4, 0.5) is 0 Å². The Morgan fingerprint density at radius 3 is 2.68 bits per heavy atom. The van der Waals surface area contributed by atoms with Crippen molar-refractivity contribution in [2.24, 2.45) is 5.73 Å². The minimum absolute atomic E-state index is 0.0115. The zero-order valence-electron chi connectivity index (χ0n) is 11.2. The Balaban J connectivity index is 2.19. The van der Waals surface area contributed by atoms with E-state index >= 15 is 0 Å². The summed E-state index contributed by atoms with van der Waals surface area (Å²) in [6, 6.07) is 8.95. The molecule has 2 unspecified atom stereocenters. The van der Waals surface area contributed by atoms with E-state index in [9.17, 15) is 4.79 Å². The van der Waals surface area contributed by atoms with Crippen LogP contribution >= 0.6 is 0 Å². The van der Waals surface area contributed by atoms with Gasteiger partial charge in [-0.3, -0.25) is 4.79 Å². The van der Waals surface area contributed by atoms with Crippen molar-refractivity contribution in [1.29, 1.82) is 5.26 Å². The quantitative estimate of drug-likeness (QED) is 0.879. The van der Waals surface area contributed by atoms with Crippen LogP contribution in [-0.4, -0.2) is 29.4 Å². The van der Waals surface area contributed by atoms with Crippen LogP contribution in [0.2, 0.25) is 0 Å². The highest BCUT2D eigenvalue weighted by atomic mass is 16.2. The first-order valence-electron chi connectivity index (χ1n) is 6.70. The minimum Gasteiger partial charge on any atom is -0.334 e. The highest BCUT2D eigenvalue weighted by Gasteiger charge is 2.29. The Labute approximate surface area is 113 Å². The number of piperidine rings is 1. The molecule has 1 amide bonds. The van der Waals surface area contributed by atoms with Gasteiger partial charge in [0.05, 0.1) is 11.6 Å². The average molecular weight is 257 g/mol. The topological polar surface area (TPSA) is 70.1 Å². The molecule has 1 heterocycles. The van der Waals surface area contributed by atoms with E-state index < -0.39 is 0 Å². The van der Waals surface area contributed by atoms with E-state index in [2.05, 4.69) is 6.07 Å². The van der Waals surface area contributed by atoms with Gasteiger partial charge in [0.25, 0.3) is 5.91 Å².